The van der Waals surface area contributed by atoms with Gasteiger partial charge in [-0.3, -0.25) is 19.0 Å². The molecule has 0 aliphatic carbocycles. The molecule has 0 radical (unpaired) electrons. The normalized spacial score (nSPS) is 13.8. The van der Waals surface area contributed by atoms with Crippen LogP contribution in [0.15, 0.2) is 71.8 Å². The van der Waals surface area contributed by atoms with Gasteiger partial charge in [-0.25, -0.2) is 14.5 Å². The second kappa shape index (κ2) is 10.7. The van der Waals surface area contributed by atoms with Crippen LogP contribution in [0.4, 0.5) is 0 Å². The highest BCUT2D eigenvalue weighted by Crippen LogP contribution is 2.21. The lowest BCUT2D eigenvalue weighted by Gasteiger charge is -2.20. The molecule has 1 aliphatic rings. The van der Waals surface area contributed by atoms with Crippen LogP contribution in [0.25, 0.3) is 22.2 Å². The number of nitrogens with one attached hydrogen (secondary N) is 1. The molecule has 1 aliphatic heterocycles. The molecule has 1 fully saturated rings. The summed E-state index contributed by atoms with van der Waals surface area (Å²) in [5.74, 6) is 6.26. The molecule has 10 heteroatoms. The van der Waals surface area contributed by atoms with Gasteiger partial charge in [-0.2, -0.15) is 5.10 Å². The molecule has 4 heterocycles. The van der Waals surface area contributed by atoms with E-state index in [2.05, 4.69) is 27.2 Å². The van der Waals surface area contributed by atoms with Gasteiger partial charge in [0.1, 0.15) is 11.4 Å². The zero-order valence-corrected chi connectivity index (χ0v) is 22.7. The Balaban J connectivity index is 1.42. The van der Waals surface area contributed by atoms with Crippen LogP contribution >= 0.6 is 0 Å². The fourth-order valence-electron chi connectivity index (χ4n) is 5.17. The molecule has 6 rings (SSSR count). The van der Waals surface area contributed by atoms with Gasteiger partial charge in [-0.1, -0.05) is 36.1 Å². The smallest absolute Gasteiger partial charge is 0.267 e. The van der Waals surface area contributed by atoms with Crippen molar-refractivity contribution >= 4 is 28.4 Å². The molecule has 1 N–H and O–H groups in total. The topological polar surface area (TPSA) is 114 Å². The molecule has 0 saturated carbocycles. The van der Waals surface area contributed by atoms with E-state index in [4.69, 9.17) is 4.98 Å². The number of hydrogen-bond acceptors (Lipinski definition) is 6. The molecule has 0 spiro atoms. The number of hydrogen-bond donors (Lipinski definition) is 1. The van der Waals surface area contributed by atoms with E-state index in [0.717, 1.165) is 6.42 Å². The van der Waals surface area contributed by atoms with Crippen LogP contribution in [-0.4, -0.2) is 54.0 Å². The number of carbonyl (C=O) groups excluding carboxylic acids is 2. The van der Waals surface area contributed by atoms with Gasteiger partial charge >= 0.3 is 0 Å². The van der Waals surface area contributed by atoms with Crippen molar-refractivity contribution in [2.45, 2.75) is 32.7 Å². The van der Waals surface area contributed by atoms with Crippen LogP contribution in [-0.2, 0) is 4.79 Å². The summed E-state index contributed by atoms with van der Waals surface area (Å²) in [5.41, 5.74) is 2.67. The molecule has 10 nitrogen and oxygen atoms in total. The van der Waals surface area contributed by atoms with Crippen molar-refractivity contribution < 1.29 is 9.59 Å². The highest BCUT2D eigenvalue weighted by atomic mass is 16.2. The van der Waals surface area contributed by atoms with Crippen LogP contribution in [0.5, 0.6) is 0 Å². The molecular weight excluding hydrogens is 518 g/mol. The summed E-state index contributed by atoms with van der Waals surface area (Å²) in [6.45, 7) is 4.55. The predicted octanol–water partition coefficient (Wildman–Crippen LogP) is 3.20. The maximum Gasteiger partial charge on any atom is 0.267 e. The second-order valence-corrected chi connectivity index (χ2v) is 9.91. The zero-order valence-electron chi connectivity index (χ0n) is 22.7. The highest BCUT2D eigenvalue weighted by Gasteiger charge is 2.24. The highest BCUT2D eigenvalue weighted by molar-refractivity contribution is 6.01. The van der Waals surface area contributed by atoms with Crippen molar-refractivity contribution in [3.63, 3.8) is 0 Å². The van der Waals surface area contributed by atoms with Gasteiger partial charge < -0.3 is 10.2 Å². The van der Waals surface area contributed by atoms with E-state index in [1.54, 1.807) is 59.9 Å². The summed E-state index contributed by atoms with van der Waals surface area (Å²) in [6, 6.07) is 15.6. The zero-order chi connectivity index (χ0) is 28.5. The summed E-state index contributed by atoms with van der Waals surface area (Å²) >= 11 is 0. The summed E-state index contributed by atoms with van der Waals surface area (Å²) in [4.78, 5) is 50.5. The van der Waals surface area contributed by atoms with Crippen molar-refractivity contribution in [2.24, 2.45) is 0 Å². The first-order valence-corrected chi connectivity index (χ1v) is 13.4. The monoisotopic (exact) mass is 545 g/mol. The first kappa shape index (κ1) is 26.0. The van der Waals surface area contributed by atoms with Crippen LogP contribution < -0.4 is 10.9 Å². The predicted molar refractivity (Wildman–Crippen MR) is 154 cm³/mol. The molecule has 1 saturated heterocycles. The van der Waals surface area contributed by atoms with E-state index in [0.29, 0.717) is 64.4 Å². The lowest BCUT2D eigenvalue weighted by molar-refractivity contribution is -0.127. The van der Waals surface area contributed by atoms with Crippen LogP contribution in [0.1, 0.15) is 53.2 Å². The van der Waals surface area contributed by atoms with Gasteiger partial charge in [0, 0.05) is 30.9 Å². The van der Waals surface area contributed by atoms with Gasteiger partial charge in [-0.05, 0) is 50.6 Å². The first-order chi connectivity index (χ1) is 19.9. The van der Waals surface area contributed by atoms with Gasteiger partial charge in [0.25, 0.3) is 11.5 Å². The fraction of sp³-hybridized carbons (Fsp3) is 0.226. The lowest BCUT2D eigenvalue weighted by atomic mass is 10.1. The minimum atomic E-state index is -0.645. The Hall–Kier alpha value is -5.30. The number of nitrogens with zero attached hydrogens (tertiary/aromatic N) is 6. The number of aromatic nitrogens is 5. The standard InChI is InChI=1S/C31H27N7O3/c1-20-26(29-32-16-9-19-37(29)35-20)30(40)33-21(2)28-34-24-14-6-10-22(11-7-17-36-18-8-15-25(36)39)27(24)31(41)38(28)23-12-4-3-5-13-23/h3-6,9-10,12-14,16,19,21H,8,15,17-18H2,1-2H3,(H,33,40)/t21-/m0/s1. The quantitative estimate of drug-likeness (QED) is 0.339. The van der Waals surface area contributed by atoms with Crippen LogP contribution in [0, 0.1) is 18.8 Å². The number of amides is 2. The number of likely N-dealkylation sites (tertiary alicyclic amines) is 1. The van der Waals surface area contributed by atoms with E-state index in [9.17, 15) is 14.4 Å². The molecule has 204 valence electrons. The maximum atomic E-state index is 14.1. The van der Waals surface area contributed by atoms with Crippen molar-refractivity contribution in [1.82, 2.24) is 34.4 Å². The van der Waals surface area contributed by atoms with E-state index in [1.165, 1.54) is 4.57 Å². The molecule has 1 atom stereocenters. The number of fused-ring (bicyclic) bond motifs is 2. The Morgan fingerprint density at radius 1 is 1.10 bits per heavy atom. The lowest BCUT2D eigenvalue weighted by Crippen LogP contribution is -2.33. The largest absolute Gasteiger partial charge is 0.342 e. The van der Waals surface area contributed by atoms with E-state index in [-0.39, 0.29) is 17.4 Å². The Bertz CT molecular complexity index is 1930. The fourth-order valence-corrected chi connectivity index (χ4v) is 5.17. The van der Waals surface area contributed by atoms with Crippen LogP contribution in [0.3, 0.4) is 0 Å². The van der Waals surface area contributed by atoms with Crippen molar-refractivity contribution in [3.8, 4) is 17.5 Å². The summed E-state index contributed by atoms with van der Waals surface area (Å²) < 4.78 is 3.08. The number of aryl methyl sites for hydroxylation is 1. The first-order valence-electron chi connectivity index (χ1n) is 13.4. The number of rotatable bonds is 5. The SMILES string of the molecule is Cc1nn2cccnc2c1C(=O)N[C@@H](C)c1nc2cccc(C#CCN3CCCC3=O)c2c(=O)n1-c1ccccc1. The molecule has 5 aromatic rings. The average Bonchev–Trinajstić information content (AvgIpc) is 3.54. The third kappa shape index (κ3) is 4.82. The molecule has 0 bridgehead atoms. The number of para-hydroxylation sites is 1. The van der Waals surface area contributed by atoms with Crippen molar-refractivity contribution in [3.05, 3.63) is 100.0 Å². The molecule has 2 amide bonds. The molecule has 3 aromatic heterocycles. The van der Waals surface area contributed by atoms with E-state index < -0.39 is 6.04 Å². The maximum absolute atomic E-state index is 14.1. The van der Waals surface area contributed by atoms with Crippen LogP contribution in [0.2, 0.25) is 0 Å². The van der Waals surface area contributed by atoms with Crippen molar-refractivity contribution in [2.75, 3.05) is 13.1 Å². The Morgan fingerprint density at radius 3 is 2.71 bits per heavy atom. The molecule has 2 aromatic carbocycles. The Labute approximate surface area is 235 Å². The molecule has 0 unspecified atom stereocenters. The van der Waals surface area contributed by atoms with Crippen molar-refractivity contribution in [1.29, 1.82) is 0 Å². The minimum Gasteiger partial charge on any atom is -0.342 e. The Morgan fingerprint density at radius 2 is 1.93 bits per heavy atom. The van der Waals surface area contributed by atoms with Gasteiger partial charge in [0.15, 0.2) is 5.65 Å². The molecular formula is C31H27N7O3. The number of benzene rings is 2. The van der Waals surface area contributed by atoms with E-state index >= 15 is 0 Å². The third-order valence-corrected chi connectivity index (χ3v) is 7.13. The second-order valence-electron chi connectivity index (χ2n) is 9.91. The van der Waals surface area contributed by atoms with E-state index in [1.807, 2.05) is 30.3 Å². The van der Waals surface area contributed by atoms with Gasteiger partial charge in [-0.15, -0.1) is 0 Å². The average molecular weight is 546 g/mol. The summed E-state index contributed by atoms with van der Waals surface area (Å²) in [7, 11) is 0. The molecule has 41 heavy (non-hydrogen) atoms. The summed E-state index contributed by atoms with van der Waals surface area (Å²) in [6.07, 6.45) is 4.73. The van der Waals surface area contributed by atoms with Gasteiger partial charge in [0.05, 0.1) is 34.9 Å². The minimum absolute atomic E-state index is 0.0982. The Kier molecular flexibility index (Phi) is 6.77. The third-order valence-electron chi connectivity index (χ3n) is 7.13. The van der Waals surface area contributed by atoms with Gasteiger partial charge in [0.2, 0.25) is 5.91 Å². The summed E-state index contributed by atoms with van der Waals surface area (Å²) in [5, 5.41) is 7.76. The number of carbonyl (C=O) groups is 2.